The Morgan fingerprint density at radius 3 is 2.29 bits per heavy atom. The highest BCUT2D eigenvalue weighted by Crippen LogP contribution is 2.29. The van der Waals surface area contributed by atoms with Gasteiger partial charge in [-0.05, 0) is 67.7 Å². The predicted molar refractivity (Wildman–Crippen MR) is 164 cm³/mol. The van der Waals surface area contributed by atoms with Crippen LogP contribution in [0.4, 0.5) is 44.9 Å². The molecular formula is C31H32N8O2. The first-order valence-corrected chi connectivity index (χ1v) is 13.3. The highest BCUT2D eigenvalue weighted by Gasteiger charge is 2.21. The van der Waals surface area contributed by atoms with Crippen LogP contribution in [-0.2, 0) is 4.79 Å². The van der Waals surface area contributed by atoms with Gasteiger partial charge in [0.1, 0.15) is 18.0 Å². The van der Waals surface area contributed by atoms with Crippen molar-refractivity contribution in [2.75, 3.05) is 59.0 Å². The summed E-state index contributed by atoms with van der Waals surface area (Å²) in [6, 6.07) is 25.6. The van der Waals surface area contributed by atoms with Gasteiger partial charge in [-0.1, -0.05) is 30.8 Å². The van der Waals surface area contributed by atoms with Gasteiger partial charge < -0.3 is 25.8 Å². The molecule has 0 saturated carbocycles. The number of hydrogen-bond acceptors (Lipinski definition) is 7. The molecule has 1 aromatic heterocycles. The minimum atomic E-state index is -0.426. The van der Waals surface area contributed by atoms with E-state index in [0.29, 0.717) is 28.7 Å². The Labute approximate surface area is 239 Å². The van der Waals surface area contributed by atoms with Crippen LogP contribution in [0.15, 0.2) is 104 Å². The number of nitrogens with zero attached hydrogens (tertiary/aromatic N) is 5. The summed E-state index contributed by atoms with van der Waals surface area (Å²) >= 11 is 0. The van der Waals surface area contributed by atoms with E-state index < -0.39 is 6.03 Å². The molecule has 1 fully saturated rings. The number of carbonyl (C=O) groups is 2. The van der Waals surface area contributed by atoms with Crippen LogP contribution in [0.5, 0.6) is 0 Å². The van der Waals surface area contributed by atoms with Gasteiger partial charge in [-0.2, -0.15) is 0 Å². The van der Waals surface area contributed by atoms with Crippen molar-refractivity contribution in [3.8, 4) is 0 Å². The van der Waals surface area contributed by atoms with Gasteiger partial charge in [0.25, 0.3) is 0 Å². The minimum absolute atomic E-state index is 0.345. The largest absolute Gasteiger partial charge is 0.369 e. The number of aromatic nitrogens is 2. The molecule has 0 unspecified atom stereocenters. The summed E-state index contributed by atoms with van der Waals surface area (Å²) in [4.78, 5) is 40.4. The zero-order valence-electron chi connectivity index (χ0n) is 22.8. The summed E-state index contributed by atoms with van der Waals surface area (Å²) < 4.78 is 0. The van der Waals surface area contributed by atoms with E-state index in [0.717, 1.165) is 31.9 Å². The van der Waals surface area contributed by atoms with Gasteiger partial charge in [0.15, 0.2) is 0 Å². The summed E-state index contributed by atoms with van der Waals surface area (Å²) in [7, 11) is 2.14. The molecule has 0 aliphatic carbocycles. The van der Waals surface area contributed by atoms with E-state index in [9.17, 15) is 9.59 Å². The fraction of sp³-hybridized carbons (Fsp3) is 0.161. The number of para-hydroxylation sites is 1. The molecule has 0 spiro atoms. The van der Waals surface area contributed by atoms with E-state index in [1.54, 1.807) is 42.5 Å². The normalized spacial score (nSPS) is 13.2. The van der Waals surface area contributed by atoms with Crippen molar-refractivity contribution in [2.24, 2.45) is 0 Å². The fourth-order valence-electron chi connectivity index (χ4n) is 4.48. The third kappa shape index (κ3) is 7.06. The number of rotatable bonds is 8. The van der Waals surface area contributed by atoms with E-state index in [2.05, 4.69) is 61.5 Å². The molecule has 1 saturated heterocycles. The zero-order valence-corrected chi connectivity index (χ0v) is 22.8. The van der Waals surface area contributed by atoms with Gasteiger partial charge in [0, 0.05) is 55.0 Å². The highest BCUT2D eigenvalue weighted by molar-refractivity contribution is 6.07. The van der Waals surface area contributed by atoms with Crippen molar-refractivity contribution in [2.45, 2.75) is 0 Å². The maximum absolute atomic E-state index is 13.6. The van der Waals surface area contributed by atoms with Gasteiger partial charge in [-0.3, -0.25) is 4.79 Å². The first-order chi connectivity index (χ1) is 20.0. The molecule has 208 valence electrons. The lowest BCUT2D eigenvalue weighted by Crippen LogP contribution is -2.44. The van der Waals surface area contributed by atoms with Gasteiger partial charge in [0.2, 0.25) is 5.91 Å². The summed E-state index contributed by atoms with van der Waals surface area (Å²) in [6.07, 6.45) is 2.59. The topological polar surface area (TPSA) is 106 Å². The molecule has 1 aliphatic rings. The van der Waals surface area contributed by atoms with Crippen LogP contribution >= 0.6 is 0 Å². The van der Waals surface area contributed by atoms with Crippen LogP contribution in [0.3, 0.4) is 0 Å². The van der Waals surface area contributed by atoms with E-state index >= 15 is 0 Å². The van der Waals surface area contributed by atoms with Crippen LogP contribution in [0.1, 0.15) is 0 Å². The van der Waals surface area contributed by atoms with Gasteiger partial charge in [-0.25, -0.2) is 19.7 Å². The van der Waals surface area contributed by atoms with Crippen molar-refractivity contribution >= 4 is 52.0 Å². The molecule has 3 amide bonds. The SMILES string of the molecule is C=CC(=O)Nc1cccc(N(C(=O)Nc2ccccc2)c2cc(Nc3ccc(N4CCN(C)CC4)cc3)ncn2)c1. The summed E-state index contributed by atoms with van der Waals surface area (Å²) in [5, 5.41) is 8.97. The number of piperazine rings is 1. The van der Waals surface area contributed by atoms with E-state index in [1.165, 1.54) is 23.0 Å². The predicted octanol–water partition coefficient (Wildman–Crippen LogP) is 5.47. The quantitative estimate of drug-likeness (QED) is 0.251. The summed E-state index contributed by atoms with van der Waals surface area (Å²) in [6.45, 7) is 7.58. The maximum atomic E-state index is 13.6. The standard InChI is InChI=1S/C31H32N8O2/c1-3-30(40)35-25-10-7-11-27(20-25)39(31(41)36-23-8-5-4-6-9-23)29-21-28(32-22-33-29)34-24-12-14-26(15-13-24)38-18-16-37(2)17-19-38/h3-15,20-22H,1,16-19H2,2H3,(H,35,40)(H,36,41)(H,32,33,34). The average Bonchev–Trinajstić information content (AvgIpc) is 2.99. The molecule has 3 N–H and O–H groups in total. The third-order valence-corrected chi connectivity index (χ3v) is 6.68. The van der Waals surface area contributed by atoms with E-state index in [4.69, 9.17) is 0 Å². The molecule has 0 atom stereocenters. The number of amides is 3. The van der Waals surface area contributed by atoms with Crippen molar-refractivity contribution < 1.29 is 9.59 Å². The molecule has 41 heavy (non-hydrogen) atoms. The number of anilines is 7. The molecule has 5 rings (SSSR count). The highest BCUT2D eigenvalue weighted by atomic mass is 16.2. The zero-order chi connectivity index (χ0) is 28.6. The number of likely N-dealkylation sites (N-methyl/N-ethyl adjacent to an activating group) is 1. The molecule has 10 nitrogen and oxygen atoms in total. The molecule has 10 heteroatoms. The number of nitrogens with one attached hydrogen (secondary N) is 3. The van der Waals surface area contributed by atoms with Crippen molar-refractivity contribution in [3.05, 3.63) is 104 Å². The Balaban J connectivity index is 1.40. The Hall–Kier alpha value is -5.22. The first-order valence-electron chi connectivity index (χ1n) is 13.3. The average molecular weight is 549 g/mol. The van der Waals surface area contributed by atoms with Crippen LogP contribution in [0.2, 0.25) is 0 Å². The van der Waals surface area contributed by atoms with Crippen molar-refractivity contribution in [3.63, 3.8) is 0 Å². The Kier molecular flexibility index (Phi) is 8.51. The van der Waals surface area contributed by atoms with E-state index in [-0.39, 0.29) is 5.91 Å². The van der Waals surface area contributed by atoms with Crippen molar-refractivity contribution in [1.29, 1.82) is 0 Å². The molecule has 0 bridgehead atoms. The number of hydrogen-bond donors (Lipinski definition) is 3. The number of carbonyl (C=O) groups excluding carboxylic acids is 2. The molecule has 0 radical (unpaired) electrons. The maximum Gasteiger partial charge on any atom is 0.332 e. The van der Waals surface area contributed by atoms with Gasteiger partial charge in [0.05, 0.1) is 5.69 Å². The molecule has 2 heterocycles. The Morgan fingerprint density at radius 1 is 0.829 bits per heavy atom. The second-order valence-electron chi connectivity index (χ2n) is 9.60. The number of benzene rings is 3. The lowest BCUT2D eigenvalue weighted by Gasteiger charge is -2.34. The van der Waals surface area contributed by atoms with Crippen LogP contribution in [0, 0.1) is 0 Å². The van der Waals surface area contributed by atoms with Crippen LogP contribution < -0.4 is 25.8 Å². The molecular weight excluding hydrogens is 516 g/mol. The summed E-state index contributed by atoms with van der Waals surface area (Å²) in [5.41, 5.74) is 3.69. The molecule has 3 aromatic carbocycles. The fourth-order valence-corrected chi connectivity index (χ4v) is 4.48. The van der Waals surface area contributed by atoms with Gasteiger partial charge >= 0.3 is 6.03 Å². The lowest BCUT2D eigenvalue weighted by atomic mass is 10.2. The molecule has 4 aromatic rings. The number of urea groups is 1. The summed E-state index contributed by atoms with van der Waals surface area (Å²) in [5.74, 6) is 0.516. The molecule has 1 aliphatic heterocycles. The van der Waals surface area contributed by atoms with Crippen molar-refractivity contribution in [1.82, 2.24) is 14.9 Å². The minimum Gasteiger partial charge on any atom is -0.369 e. The van der Waals surface area contributed by atoms with Crippen LogP contribution in [-0.4, -0.2) is 60.0 Å². The smallest absolute Gasteiger partial charge is 0.332 e. The second-order valence-corrected chi connectivity index (χ2v) is 9.60. The third-order valence-electron chi connectivity index (χ3n) is 6.68. The van der Waals surface area contributed by atoms with Gasteiger partial charge in [-0.15, -0.1) is 0 Å². The second kappa shape index (κ2) is 12.8. The first kappa shape index (κ1) is 27.4. The van der Waals surface area contributed by atoms with Crippen LogP contribution in [0.25, 0.3) is 0 Å². The lowest BCUT2D eigenvalue weighted by molar-refractivity contribution is -0.111. The van der Waals surface area contributed by atoms with E-state index in [1.807, 2.05) is 30.3 Å². The monoisotopic (exact) mass is 548 g/mol. The Bertz CT molecular complexity index is 1500. The Morgan fingerprint density at radius 2 is 1.56 bits per heavy atom.